The predicted molar refractivity (Wildman–Crippen MR) is 44.0 cm³/mol. The molecule has 0 heterocycles. The second-order valence-electron chi connectivity index (χ2n) is 2.01. The molecular weight excluding hydrogens is 180 g/mol. The molecule has 0 atom stereocenters. The Bertz CT molecular complexity index is 295. The van der Waals surface area contributed by atoms with Crippen molar-refractivity contribution in [1.29, 1.82) is 0 Å². The van der Waals surface area contributed by atoms with Crippen LogP contribution in [-0.4, -0.2) is 32.2 Å². The minimum atomic E-state index is -1.27. The van der Waals surface area contributed by atoms with E-state index in [0.717, 1.165) is 12.1 Å². The molecule has 0 aliphatic carbocycles. The van der Waals surface area contributed by atoms with E-state index < -0.39 is 5.97 Å². The van der Waals surface area contributed by atoms with E-state index in [1.165, 1.54) is 6.07 Å². The quantitative estimate of drug-likeness (QED) is 0.495. The molecule has 0 fully saturated rings. The first-order valence-electron chi connectivity index (χ1n) is 2.86. The first kappa shape index (κ1) is 13.8. The number of aromatic carboxylic acids is 1. The van der Waals surface area contributed by atoms with Crippen LogP contribution < -0.4 is 0 Å². The van der Waals surface area contributed by atoms with E-state index in [4.69, 9.17) is 15.3 Å². The van der Waals surface area contributed by atoms with Gasteiger partial charge in [0.05, 0.1) is 0 Å². The van der Waals surface area contributed by atoms with E-state index in [0.29, 0.717) is 0 Å². The molecule has 0 aliphatic rings. The van der Waals surface area contributed by atoms with Crippen molar-refractivity contribution in [2.24, 2.45) is 0 Å². The summed E-state index contributed by atoms with van der Waals surface area (Å²) in [6, 6.07) is 3.32. The van der Waals surface area contributed by atoms with Crippen molar-refractivity contribution in [3.8, 4) is 11.5 Å². The third-order valence-corrected chi connectivity index (χ3v) is 1.21. The van der Waals surface area contributed by atoms with E-state index >= 15 is 0 Å². The van der Waals surface area contributed by atoms with Gasteiger partial charge in [-0.25, -0.2) is 4.79 Å². The van der Waals surface area contributed by atoms with Crippen molar-refractivity contribution in [1.82, 2.24) is 0 Å². The molecule has 0 saturated carbocycles. The Morgan fingerprint density at radius 1 is 1.15 bits per heavy atom. The fourth-order valence-corrected chi connectivity index (χ4v) is 0.695. The second-order valence-corrected chi connectivity index (χ2v) is 2.01. The number of hydrogen-bond donors (Lipinski definition) is 3. The summed E-state index contributed by atoms with van der Waals surface area (Å²) in [7, 11) is 0. The summed E-state index contributed by atoms with van der Waals surface area (Å²) in [4.78, 5) is 10.3. The number of rotatable bonds is 1. The molecule has 7 N–H and O–H groups in total. The van der Waals surface area contributed by atoms with Gasteiger partial charge in [-0.3, -0.25) is 0 Å². The fraction of sp³-hybridized carbons (Fsp3) is 0. The Morgan fingerprint density at radius 3 is 2.08 bits per heavy atom. The van der Waals surface area contributed by atoms with Crippen LogP contribution in [0.15, 0.2) is 18.2 Å². The summed E-state index contributed by atoms with van der Waals surface area (Å²) in [5.41, 5.74) is -0.301. The number of phenols is 2. The molecule has 0 unspecified atom stereocenters. The lowest BCUT2D eigenvalue weighted by atomic mass is 10.2. The fourth-order valence-electron chi connectivity index (χ4n) is 0.695. The highest BCUT2D eigenvalue weighted by Gasteiger charge is 2.08. The Morgan fingerprint density at radius 2 is 1.69 bits per heavy atom. The minimum absolute atomic E-state index is 0. The summed E-state index contributed by atoms with van der Waals surface area (Å²) >= 11 is 0. The molecule has 0 spiro atoms. The second kappa shape index (κ2) is 4.96. The number of phenolic OH excluding ortho intramolecular Hbond substituents is 1. The SMILES string of the molecule is O.O.O=C(O)c1cc(O)ccc1O. The third-order valence-electron chi connectivity index (χ3n) is 1.21. The van der Waals surface area contributed by atoms with Crippen molar-refractivity contribution in [2.75, 3.05) is 0 Å². The lowest BCUT2D eigenvalue weighted by Crippen LogP contribution is -1.95. The lowest BCUT2D eigenvalue weighted by molar-refractivity contribution is 0.0693. The van der Waals surface area contributed by atoms with Crippen molar-refractivity contribution in [3.63, 3.8) is 0 Å². The summed E-state index contributed by atoms with van der Waals surface area (Å²) in [6.45, 7) is 0. The maximum absolute atomic E-state index is 10.3. The molecule has 74 valence electrons. The first-order chi connectivity index (χ1) is 5.11. The van der Waals surface area contributed by atoms with Crippen LogP contribution >= 0.6 is 0 Å². The number of carbonyl (C=O) groups is 1. The van der Waals surface area contributed by atoms with Crippen LogP contribution in [0.3, 0.4) is 0 Å². The van der Waals surface area contributed by atoms with Gasteiger partial charge in [-0.2, -0.15) is 0 Å². The molecule has 0 amide bonds. The average molecular weight is 190 g/mol. The Kier molecular flexibility index (Phi) is 5.26. The normalized spacial score (nSPS) is 8.00. The topological polar surface area (TPSA) is 141 Å². The zero-order chi connectivity index (χ0) is 8.43. The maximum atomic E-state index is 10.3. The van der Waals surface area contributed by atoms with E-state index in [1.54, 1.807) is 0 Å². The maximum Gasteiger partial charge on any atom is 0.339 e. The molecule has 0 saturated heterocycles. The highest BCUT2D eigenvalue weighted by atomic mass is 16.4. The van der Waals surface area contributed by atoms with Crippen LogP contribution in [0.2, 0.25) is 0 Å². The summed E-state index contributed by atoms with van der Waals surface area (Å²) < 4.78 is 0. The molecule has 1 aromatic carbocycles. The highest BCUT2D eigenvalue weighted by molar-refractivity contribution is 5.91. The highest BCUT2D eigenvalue weighted by Crippen LogP contribution is 2.21. The van der Waals surface area contributed by atoms with E-state index in [2.05, 4.69) is 0 Å². The Labute approximate surface area is 73.3 Å². The van der Waals surface area contributed by atoms with Crippen molar-refractivity contribution in [3.05, 3.63) is 23.8 Å². The van der Waals surface area contributed by atoms with Gasteiger partial charge in [-0.1, -0.05) is 0 Å². The van der Waals surface area contributed by atoms with Gasteiger partial charge in [0.1, 0.15) is 17.1 Å². The number of carboxylic acid groups (broad SMARTS) is 1. The molecule has 6 heteroatoms. The molecule has 0 aliphatic heterocycles. The number of hydrogen-bond acceptors (Lipinski definition) is 3. The van der Waals surface area contributed by atoms with E-state index in [9.17, 15) is 4.79 Å². The summed E-state index contributed by atoms with van der Waals surface area (Å²) in [5, 5.41) is 26.1. The van der Waals surface area contributed by atoms with Crippen LogP contribution in [0.1, 0.15) is 10.4 Å². The molecule has 0 bridgehead atoms. The van der Waals surface area contributed by atoms with Crippen LogP contribution in [0.25, 0.3) is 0 Å². The Hall–Kier alpha value is -1.79. The van der Waals surface area contributed by atoms with Crippen LogP contribution in [-0.2, 0) is 0 Å². The molecule has 1 rings (SSSR count). The van der Waals surface area contributed by atoms with Crippen molar-refractivity contribution >= 4 is 5.97 Å². The predicted octanol–water partition coefficient (Wildman–Crippen LogP) is -0.853. The van der Waals surface area contributed by atoms with Gasteiger partial charge in [0, 0.05) is 0 Å². The van der Waals surface area contributed by atoms with Gasteiger partial charge in [0.15, 0.2) is 0 Å². The van der Waals surface area contributed by atoms with E-state index in [1.807, 2.05) is 0 Å². The van der Waals surface area contributed by atoms with Gasteiger partial charge in [0.2, 0.25) is 0 Å². The van der Waals surface area contributed by atoms with Crippen LogP contribution in [0.4, 0.5) is 0 Å². The molecule has 13 heavy (non-hydrogen) atoms. The van der Waals surface area contributed by atoms with Crippen LogP contribution in [0, 0.1) is 0 Å². The largest absolute Gasteiger partial charge is 0.508 e. The third kappa shape index (κ3) is 2.97. The number of carboxylic acids is 1. The van der Waals surface area contributed by atoms with Gasteiger partial charge < -0.3 is 26.3 Å². The smallest absolute Gasteiger partial charge is 0.339 e. The summed E-state index contributed by atoms with van der Waals surface area (Å²) in [5.74, 6) is -1.80. The average Bonchev–Trinajstić information content (AvgIpc) is 1.94. The zero-order valence-electron chi connectivity index (χ0n) is 6.48. The lowest BCUT2D eigenvalue weighted by Gasteiger charge is -1.98. The molecule has 6 nitrogen and oxygen atoms in total. The first-order valence-corrected chi connectivity index (χ1v) is 2.86. The monoisotopic (exact) mass is 190 g/mol. The molecule has 0 radical (unpaired) electrons. The summed E-state index contributed by atoms with van der Waals surface area (Å²) in [6.07, 6.45) is 0. The van der Waals surface area contributed by atoms with Gasteiger partial charge in [-0.05, 0) is 18.2 Å². The van der Waals surface area contributed by atoms with Gasteiger partial charge >= 0.3 is 5.97 Å². The zero-order valence-corrected chi connectivity index (χ0v) is 6.48. The molecule has 1 aromatic rings. The molecule has 0 aromatic heterocycles. The van der Waals surface area contributed by atoms with Gasteiger partial charge in [-0.15, -0.1) is 0 Å². The molecular formula is C7H10O6. The number of benzene rings is 1. The van der Waals surface area contributed by atoms with Gasteiger partial charge in [0.25, 0.3) is 0 Å². The van der Waals surface area contributed by atoms with Crippen LogP contribution in [0.5, 0.6) is 11.5 Å². The Balaban J connectivity index is 0. The van der Waals surface area contributed by atoms with Crippen molar-refractivity contribution in [2.45, 2.75) is 0 Å². The van der Waals surface area contributed by atoms with Crippen molar-refractivity contribution < 1.29 is 31.1 Å². The minimum Gasteiger partial charge on any atom is -0.508 e. The van der Waals surface area contributed by atoms with E-state index in [-0.39, 0.29) is 28.0 Å². The number of aromatic hydroxyl groups is 2. The standard InChI is InChI=1S/C7H6O4.2H2O/c8-4-1-2-6(9)5(3-4)7(10)11;;/h1-3,8-9H,(H,10,11);2*1H2.